The van der Waals surface area contributed by atoms with Gasteiger partial charge in [-0.15, -0.1) is 143 Å². The van der Waals surface area contributed by atoms with Crippen molar-refractivity contribution in [2.24, 2.45) is 21.1 Å². The number of fused-ring (bicyclic) bond motifs is 26. The second kappa shape index (κ2) is 35.7. The van der Waals surface area contributed by atoms with Gasteiger partial charge in [0.2, 0.25) is 0 Å². The van der Waals surface area contributed by atoms with Crippen LogP contribution in [0.1, 0.15) is 33.4 Å². The first kappa shape index (κ1) is 90.8. The number of hydrogen-bond donors (Lipinski definition) is 0. The van der Waals surface area contributed by atoms with E-state index in [1.807, 2.05) is 0 Å². The molecule has 31 rings (SSSR count). The molecule has 15 nitrogen and oxygen atoms in total. The average Bonchev–Trinajstić information content (AvgIpc) is 1.08. The average molecular weight is 2430 g/mol. The second-order valence-corrected chi connectivity index (χ2v) is 38.5. The van der Waals surface area contributed by atoms with E-state index < -0.39 is 0 Å². The number of hydrogen-bond acceptors (Lipinski definition) is 9. The maximum Gasteiger partial charge on any atom is 0.0852 e. The van der Waals surface area contributed by atoms with Crippen LogP contribution in [0.3, 0.4) is 0 Å². The van der Waals surface area contributed by atoms with Crippen LogP contribution >= 0.6 is 0 Å². The first-order valence-electron chi connectivity index (χ1n) is 49.0. The minimum Gasteiger partial charge on any atom is -0.504 e. The van der Waals surface area contributed by atoms with Gasteiger partial charge in [-0.25, -0.2) is 0 Å². The summed E-state index contributed by atoms with van der Waals surface area (Å²) in [6.07, 6.45) is 2.90. The van der Waals surface area contributed by atoms with Crippen LogP contribution in [0.4, 0.5) is 51.2 Å². The molecule has 0 radical (unpaired) electrons. The van der Waals surface area contributed by atoms with E-state index in [1.165, 1.54) is 117 Å². The number of nitrogens with zero attached hydrogens (tertiary/aromatic N) is 15. The number of para-hydroxylation sites is 9. The van der Waals surface area contributed by atoms with Crippen LogP contribution in [0.25, 0.3) is 194 Å². The Morgan fingerprint density at radius 3 is 1.08 bits per heavy atom. The molecule has 9 heterocycles. The Labute approximate surface area is 894 Å². The van der Waals surface area contributed by atoms with E-state index in [1.54, 1.807) is 0 Å². The standard InChI is InChI=1S/C47H32N5.2C41H28N5.3Pt/c1-49-29-51(44-17-8-7-16-43(44)49)35-11-9-12-36(28-35)52-42-15-6-5-14-39(42)40-22-19-33(27-45(40)52)47-48-41-23-20-31(26-46(41)50(47)2)30-18-21-38-34(24-30)25-32-10-3-4-13-37(32)38;1-43-25-45(37-17-8-7-16-36(37)43)29-11-9-12-30(24-29)46-35-15-6-5-14-32(35)33-20-18-28(23-38(33)46)41-42-34-21-19-27-22-26-10-3-4-13-31(26)39(27)40(34)44(41)2;1-43-25-45(36-17-8-7-16-35(36)43)29-11-9-12-30(24-29)46-34-15-6-5-14-32(34)33-20-18-28(23-38(33)46)41-42-40-37(44(41)2)21-19-27-22-26-10-3-4-13-31(26)39(27)40;;;/h3-24,26,29H,25H2,1-2H3;2*3-21,25H,22H2,1-2H3;;;/q3*-3;;;. The Bertz CT molecular complexity index is 9530. The molecule has 0 atom stereocenters. The van der Waals surface area contributed by atoms with Gasteiger partial charge in [-0.1, -0.05) is 233 Å². The number of rotatable bonds is 10. The molecular formula is C129H88N15Pt3-9. The fourth-order valence-electron chi connectivity index (χ4n) is 23.5. The summed E-state index contributed by atoms with van der Waals surface area (Å²) in [4.78, 5) is 28.7. The van der Waals surface area contributed by atoms with Gasteiger partial charge in [0, 0.05) is 146 Å². The molecule has 0 amide bonds. The molecule has 6 aliphatic rings. The molecule has 3 aliphatic carbocycles. The zero-order chi connectivity index (χ0) is 95.5. The summed E-state index contributed by atoms with van der Waals surface area (Å²) in [5.74, 6) is 2.71. The number of anilines is 9. The molecular weight excluding hydrogens is 2340 g/mol. The third-order valence-electron chi connectivity index (χ3n) is 30.3. The molecule has 19 aromatic carbocycles. The molecule has 147 heavy (non-hydrogen) atoms. The van der Waals surface area contributed by atoms with Gasteiger partial charge < -0.3 is 56.8 Å². The smallest absolute Gasteiger partial charge is 0.0852 e. The molecule has 718 valence electrons. The minimum atomic E-state index is 0. The van der Waals surface area contributed by atoms with Crippen molar-refractivity contribution in [1.82, 2.24) is 42.4 Å². The van der Waals surface area contributed by atoms with E-state index in [0.717, 1.165) is 181 Å². The summed E-state index contributed by atoms with van der Waals surface area (Å²) in [7, 11) is 12.6. The van der Waals surface area contributed by atoms with Gasteiger partial charge in [0.05, 0.1) is 50.6 Å². The van der Waals surface area contributed by atoms with E-state index in [-0.39, 0.29) is 63.2 Å². The summed E-state index contributed by atoms with van der Waals surface area (Å²) in [5.41, 5.74) is 47.1. The third kappa shape index (κ3) is 14.4. The normalized spacial score (nSPS) is 13.2. The molecule has 0 fully saturated rings. The van der Waals surface area contributed by atoms with Crippen LogP contribution in [0.15, 0.2) is 370 Å². The molecule has 18 heteroatoms. The topological polar surface area (TPSA) is 87.7 Å². The van der Waals surface area contributed by atoms with E-state index in [9.17, 15) is 0 Å². The van der Waals surface area contributed by atoms with Crippen molar-refractivity contribution in [3.8, 4) is 95.7 Å². The van der Waals surface area contributed by atoms with Crippen LogP contribution in [-0.4, -0.2) is 63.5 Å². The SMILES string of the molecule is CN1[CH-]N(c2[c-]c(-n3c4[c-]c(-c5nc6c7c(ccc6n5C)Cc5ccccc5-7)ccc4c4ccccc43)ccc2)c2ccccc21.CN1[CH-]N(c2[c-]c(-n3c4[c-]c(-c5nc6ccc(-c7ccc8c(c7)Cc7ccccc7-8)cc6n5C)ccc4c4ccccc43)ccc2)c2ccccc21.CN1[CH-]N(c2[c-]c(-n3c4[c-]c(-c5nc6ccc7c(c6n5C)-c5ccccc5C7)ccc4c4ccccc43)ccc2)c2ccccc21.[Pt].[Pt].[Pt]. The minimum absolute atomic E-state index is 0. The van der Waals surface area contributed by atoms with Gasteiger partial charge in [-0.05, 0) is 219 Å². The van der Waals surface area contributed by atoms with Gasteiger partial charge in [0.1, 0.15) is 0 Å². The molecule has 0 bridgehead atoms. The molecule has 0 unspecified atom stereocenters. The van der Waals surface area contributed by atoms with Gasteiger partial charge in [-0.2, -0.15) is 38.2 Å². The van der Waals surface area contributed by atoms with Crippen LogP contribution in [0.2, 0.25) is 0 Å². The molecule has 6 aromatic heterocycles. The Hall–Kier alpha value is -16.1. The Kier molecular flexibility index (Phi) is 22.0. The maximum atomic E-state index is 5.31. The van der Waals surface area contributed by atoms with Crippen LogP contribution in [0.5, 0.6) is 0 Å². The maximum absolute atomic E-state index is 5.31. The number of benzene rings is 19. The van der Waals surface area contributed by atoms with Crippen molar-refractivity contribution in [3.05, 3.63) is 460 Å². The Morgan fingerprint density at radius 1 is 0.238 bits per heavy atom. The van der Waals surface area contributed by atoms with Crippen LogP contribution in [-0.2, 0) is 104 Å². The molecule has 25 aromatic rings. The quantitative estimate of drug-likeness (QED) is 0.124. The predicted octanol–water partition coefficient (Wildman–Crippen LogP) is 29.3. The van der Waals surface area contributed by atoms with Crippen molar-refractivity contribution >= 4 is 150 Å². The van der Waals surface area contributed by atoms with Gasteiger partial charge in [-0.3, -0.25) is 15.0 Å². The molecule has 0 spiro atoms. The summed E-state index contributed by atoms with van der Waals surface area (Å²) in [6, 6.07) is 155. The van der Waals surface area contributed by atoms with E-state index in [0.29, 0.717) is 0 Å². The monoisotopic (exact) mass is 2430 g/mol. The number of imidazole rings is 3. The first-order valence-corrected chi connectivity index (χ1v) is 49.0. The van der Waals surface area contributed by atoms with E-state index in [2.05, 4.69) is 526 Å². The van der Waals surface area contributed by atoms with Crippen molar-refractivity contribution < 1.29 is 63.2 Å². The molecule has 0 N–H and O–H groups in total. The second-order valence-electron chi connectivity index (χ2n) is 38.5. The summed E-state index contributed by atoms with van der Waals surface area (Å²) < 4.78 is 13.5. The van der Waals surface area contributed by atoms with Crippen LogP contribution in [0, 0.1) is 56.4 Å². The molecule has 0 saturated carbocycles. The summed E-state index contributed by atoms with van der Waals surface area (Å²) >= 11 is 0. The van der Waals surface area contributed by atoms with Gasteiger partial charge in [0.15, 0.2) is 0 Å². The third-order valence-corrected chi connectivity index (χ3v) is 30.3. The number of aromatic nitrogens is 9. The van der Waals surface area contributed by atoms with E-state index in [4.69, 9.17) is 15.0 Å². The first-order chi connectivity index (χ1) is 70.9. The van der Waals surface area contributed by atoms with Gasteiger partial charge in [0.25, 0.3) is 0 Å². The van der Waals surface area contributed by atoms with Crippen molar-refractivity contribution in [3.63, 3.8) is 0 Å². The largest absolute Gasteiger partial charge is 0.504 e. The fraction of sp³-hybridized carbons (Fsp3) is 0.0698. The molecule has 0 saturated heterocycles. The van der Waals surface area contributed by atoms with Crippen LogP contribution < -0.4 is 29.4 Å². The molecule has 3 aliphatic heterocycles. The van der Waals surface area contributed by atoms with E-state index >= 15 is 0 Å². The van der Waals surface area contributed by atoms with Crippen molar-refractivity contribution in [1.29, 1.82) is 0 Å². The predicted molar refractivity (Wildman–Crippen MR) is 588 cm³/mol. The summed E-state index contributed by atoms with van der Waals surface area (Å²) in [6.45, 7) is 6.37. The Morgan fingerprint density at radius 2 is 0.592 bits per heavy atom. The van der Waals surface area contributed by atoms with Crippen molar-refractivity contribution in [2.75, 3.05) is 50.5 Å². The summed E-state index contributed by atoms with van der Waals surface area (Å²) in [5, 5.41) is 7.03. The zero-order valence-corrected chi connectivity index (χ0v) is 87.5. The Balaban J connectivity index is 0.000000111. The van der Waals surface area contributed by atoms with Crippen molar-refractivity contribution in [2.45, 2.75) is 19.3 Å². The zero-order valence-electron chi connectivity index (χ0n) is 80.7. The fourth-order valence-corrected chi connectivity index (χ4v) is 23.5. The van der Waals surface area contributed by atoms with Gasteiger partial charge >= 0.3 is 0 Å². The number of aryl methyl sites for hydroxylation is 3.